The number of aromatic nitrogens is 2. The van der Waals surface area contributed by atoms with Gasteiger partial charge in [0.05, 0.1) is 15.7 Å². The van der Waals surface area contributed by atoms with Crippen LogP contribution in [0.1, 0.15) is 0 Å². The molecule has 3 heteroatoms. The first-order valence-electron chi connectivity index (χ1n) is 10.1. The van der Waals surface area contributed by atoms with Crippen molar-refractivity contribution in [2.45, 2.75) is 0 Å². The second kappa shape index (κ2) is 5.91. The van der Waals surface area contributed by atoms with Crippen molar-refractivity contribution in [1.29, 1.82) is 0 Å². The highest BCUT2D eigenvalue weighted by Crippen LogP contribution is 2.44. The van der Waals surface area contributed by atoms with Gasteiger partial charge < -0.3 is 0 Å². The third-order valence-corrected chi connectivity index (χ3v) is 7.23. The van der Waals surface area contributed by atoms with Gasteiger partial charge in [-0.25, -0.2) is 4.98 Å². The van der Waals surface area contributed by atoms with E-state index in [1.54, 1.807) is 0 Å². The molecule has 0 fully saturated rings. The second-order valence-corrected chi connectivity index (χ2v) is 8.69. The van der Waals surface area contributed by atoms with Gasteiger partial charge in [-0.1, -0.05) is 66.7 Å². The lowest BCUT2D eigenvalue weighted by Crippen LogP contribution is -1.96. The third kappa shape index (κ3) is 2.05. The molecule has 7 rings (SSSR count). The maximum Gasteiger partial charge on any atom is 0.137 e. The molecule has 0 saturated carbocycles. The molecule has 0 N–H and O–H groups in total. The van der Waals surface area contributed by atoms with Crippen molar-refractivity contribution in [1.82, 2.24) is 9.55 Å². The number of pyridine rings is 1. The van der Waals surface area contributed by atoms with Gasteiger partial charge in [-0.15, -0.1) is 11.3 Å². The minimum Gasteiger partial charge on any atom is -0.292 e. The van der Waals surface area contributed by atoms with Crippen LogP contribution in [0.25, 0.3) is 58.6 Å². The van der Waals surface area contributed by atoms with Crippen LogP contribution in [0, 0.1) is 0 Å². The minimum absolute atomic E-state index is 0.956. The Bertz CT molecular complexity index is 1740. The summed E-state index contributed by atoms with van der Waals surface area (Å²) >= 11 is 1.87. The lowest BCUT2D eigenvalue weighted by molar-refractivity contribution is 1.09. The monoisotopic (exact) mass is 400 g/mol. The molecule has 0 bridgehead atoms. The van der Waals surface area contributed by atoms with E-state index < -0.39 is 0 Å². The Hall–Kier alpha value is -3.69. The average molecular weight is 401 g/mol. The van der Waals surface area contributed by atoms with E-state index in [-0.39, 0.29) is 0 Å². The van der Waals surface area contributed by atoms with E-state index in [9.17, 15) is 0 Å². The second-order valence-electron chi connectivity index (χ2n) is 7.64. The van der Waals surface area contributed by atoms with E-state index in [1.807, 2.05) is 23.6 Å². The highest BCUT2D eigenvalue weighted by molar-refractivity contribution is 7.26. The fraction of sp³-hybridized carbons (Fsp3) is 0. The van der Waals surface area contributed by atoms with Crippen molar-refractivity contribution in [3.05, 3.63) is 97.2 Å². The first-order chi connectivity index (χ1) is 14.9. The molecule has 0 radical (unpaired) electrons. The number of rotatable bonds is 1. The van der Waals surface area contributed by atoms with Crippen molar-refractivity contribution in [2.24, 2.45) is 0 Å². The van der Waals surface area contributed by atoms with Crippen LogP contribution in [0.5, 0.6) is 0 Å². The van der Waals surface area contributed by atoms with Gasteiger partial charge in [0.25, 0.3) is 0 Å². The number of nitrogens with zero attached hydrogens (tertiary/aromatic N) is 2. The largest absolute Gasteiger partial charge is 0.292 e. The zero-order valence-corrected chi connectivity index (χ0v) is 16.9. The fourth-order valence-electron chi connectivity index (χ4n) is 4.77. The maximum atomic E-state index is 4.73. The summed E-state index contributed by atoms with van der Waals surface area (Å²) in [5.41, 5.74) is 2.45. The molecule has 7 aromatic rings. The smallest absolute Gasteiger partial charge is 0.137 e. The van der Waals surface area contributed by atoms with Gasteiger partial charge in [0, 0.05) is 32.4 Å². The van der Waals surface area contributed by atoms with Gasteiger partial charge >= 0.3 is 0 Å². The molecule has 4 aromatic carbocycles. The van der Waals surface area contributed by atoms with Gasteiger partial charge in [0.2, 0.25) is 0 Å². The Balaban J connectivity index is 1.81. The van der Waals surface area contributed by atoms with E-state index in [4.69, 9.17) is 4.98 Å². The van der Waals surface area contributed by atoms with Gasteiger partial charge in [0.1, 0.15) is 5.82 Å². The van der Waals surface area contributed by atoms with E-state index in [0.717, 1.165) is 5.82 Å². The fourth-order valence-corrected chi connectivity index (χ4v) is 6.01. The van der Waals surface area contributed by atoms with Crippen molar-refractivity contribution in [3.63, 3.8) is 0 Å². The summed E-state index contributed by atoms with van der Waals surface area (Å²) < 4.78 is 4.98. The van der Waals surface area contributed by atoms with E-state index in [0.29, 0.717) is 0 Å². The first kappa shape index (κ1) is 16.1. The number of hydrogen-bond donors (Lipinski definition) is 0. The molecule has 140 valence electrons. The van der Waals surface area contributed by atoms with Crippen LogP contribution >= 0.6 is 11.3 Å². The third-order valence-electron chi connectivity index (χ3n) is 6.04. The topological polar surface area (TPSA) is 17.8 Å². The van der Waals surface area contributed by atoms with E-state index in [1.165, 1.54) is 52.8 Å². The van der Waals surface area contributed by atoms with Gasteiger partial charge in [-0.05, 0) is 35.0 Å². The summed E-state index contributed by atoms with van der Waals surface area (Å²) in [5, 5.41) is 7.77. The lowest BCUT2D eigenvalue weighted by Gasteiger charge is -2.07. The standard InChI is InChI=1S/C27H16N2S/c1-2-8-18-17(7-1)12-15-22-25(18)21-14-13-20-19-9-3-4-10-23(19)30-27(20)26(21)29(22)24-11-5-6-16-28-24/h1-16H. The predicted molar refractivity (Wildman–Crippen MR) is 129 cm³/mol. The molecule has 0 unspecified atom stereocenters. The van der Waals surface area contributed by atoms with Crippen LogP contribution in [0.3, 0.4) is 0 Å². The van der Waals surface area contributed by atoms with Crippen LogP contribution in [0.4, 0.5) is 0 Å². The van der Waals surface area contributed by atoms with Crippen LogP contribution in [-0.2, 0) is 0 Å². The highest BCUT2D eigenvalue weighted by Gasteiger charge is 2.19. The zero-order valence-electron chi connectivity index (χ0n) is 16.0. The minimum atomic E-state index is 0.956. The van der Waals surface area contributed by atoms with E-state index in [2.05, 4.69) is 89.5 Å². The summed E-state index contributed by atoms with van der Waals surface area (Å²) in [5.74, 6) is 0.956. The molecule has 0 aliphatic carbocycles. The maximum absolute atomic E-state index is 4.73. The van der Waals surface area contributed by atoms with Crippen LogP contribution in [0.15, 0.2) is 97.2 Å². The molecule has 3 heterocycles. The van der Waals surface area contributed by atoms with Crippen LogP contribution in [0.2, 0.25) is 0 Å². The number of benzene rings is 4. The van der Waals surface area contributed by atoms with Crippen LogP contribution in [-0.4, -0.2) is 9.55 Å². The Morgan fingerprint density at radius 1 is 0.633 bits per heavy atom. The van der Waals surface area contributed by atoms with Gasteiger partial charge in [-0.3, -0.25) is 4.57 Å². The molecule has 0 aliphatic rings. The summed E-state index contributed by atoms with van der Waals surface area (Å²) in [6, 6.07) is 32.5. The lowest BCUT2D eigenvalue weighted by atomic mass is 10.0. The number of fused-ring (bicyclic) bond motifs is 9. The highest BCUT2D eigenvalue weighted by atomic mass is 32.1. The normalized spacial score (nSPS) is 12.0. The van der Waals surface area contributed by atoms with Crippen molar-refractivity contribution in [2.75, 3.05) is 0 Å². The van der Waals surface area contributed by atoms with Crippen molar-refractivity contribution < 1.29 is 0 Å². The molecule has 0 saturated heterocycles. The summed E-state index contributed by atoms with van der Waals surface area (Å²) in [7, 11) is 0. The molecule has 0 amide bonds. The molecule has 0 spiro atoms. The summed E-state index contributed by atoms with van der Waals surface area (Å²) in [4.78, 5) is 4.73. The zero-order chi connectivity index (χ0) is 19.7. The molecule has 30 heavy (non-hydrogen) atoms. The molecular weight excluding hydrogens is 384 g/mol. The Kier molecular flexibility index (Phi) is 3.18. The summed E-state index contributed by atoms with van der Waals surface area (Å²) in [6.45, 7) is 0. The Labute approximate surface area is 176 Å². The first-order valence-corrected chi connectivity index (χ1v) is 10.9. The predicted octanol–water partition coefficient (Wildman–Crippen LogP) is 7.70. The quantitative estimate of drug-likeness (QED) is 0.276. The van der Waals surface area contributed by atoms with Gasteiger partial charge in [0.15, 0.2) is 0 Å². The van der Waals surface area contributed by atoms with Crippen molar-refractivity contribution >= 4 is 64.1 Å². The molecule has 3 aromatic heterocycles. The van der Waals surface area contributed by atoms with Gasteiger partial charge in [-0.2, -0.15) is 0 Å². The van der Waals surface area contributed by atoms with Crippen molar-refractivity contribution in [3.8, 4) is 5.82 Å². The summed E-state index contributed by atoms with van der Waals surface area (Å²) in [6.07, 6.45) is 1.87. The molecule has 2 nitrogen and oxygen atoms in total. The Morgan fingerprint density at radius 2 is 1.43 bits per heavy atom. The number of thiophene rings is 1. The molecule has 0 atom stereocenters. The molecular formula is C27H16N2S. The SMILES string of the molecule is c1ccc(-n2c3ccc4ccccc4c3c3ccc4c5ccccc5sc4c32)nc1. The van der Waals surface area contributed by atoms with E-state index >= 15 is 0 Å². The van der Waals surface area contributed by atoms with Crippen LogP contribution < -0.4 is 0 Å². The molecule has 0 aliphatic heterocycles. The number of hydrogen-bond acceptors (Lipinski definition) is 2. The Morgan fingerprint density at radius 3 is 2.33 bits per heavy atom. The average Bonchev–Trinajstić information content (AvgIpc) is 3.35.